The van der Waals surface area contributed by atoms with E-state index in [0.717, 1.165) is 37.6 Å². The van der Waals surface area contributed by atoms with Gasteiger partial charge in [-0.25, -0.2) is 0 Å². The smallest absolute Gasteiger partial charge is 0.251 e. The Labute approximate surface area is 172 Å². The number of nitrogens with one attached hydrogen (secondary N) is 1. The number of amides is 1. The number of halogens is 1. The normalized spacial score (nSPS) is 15.5. The lowest BCUT2D eigenvalue weighted by molar-refractivity contribution is 0.0942. The van der Waals surface area contributed by atoms with Crippen molar-refractivity contribution >= 4 is 23.2 Å². The third-order valence-electron chi connectivity index (χ3n) is 5.14. The van der Waals surface area contributed by atoms with E-state index in [1.165, 1.54) is 5.56 Å². The molecule has 0 saturated carbocycles. The molecule has 0 aliphatic carbocycles. The molecular formula is C22H28ClN3O2. The highest BCUT2D eigenvalue weighted by Gasteiger charge is 2.18. The second-order valence-electron chi connectivity index (χ2n) is 7.35. The van der Waals surface area contributed by atoms with E-state index < -0.39 is 0 Å². The number of likely N-dealkylation sites (N-methyl/N-ethyl adjacent to an activating group) is 1. The molecule has 1 aliphatic heterocycles. The summed E-state index contributed by atoms with van der Waals surface area (Å²) in [6.45, 7) is 5.73. The van der Waals surface area contributed by atoms with Crippen LogP contribution in [0.15, 0.2) is 42.5 Å². The maximum Gasteiger partial charge on any atom is 0.251 e. The van der Waals surface area contributed by atoms with Gasteiger partial charge >= 0.3 is 0 Å². The van der Waals surface area contributed by atoms with Crippen molar-refractivity contribution in [3.05, 3.63) is 64.2 Å². The molecule has 0 bridgehead atoms. The zero-order chi connectivity index (χ0) is 20.1. The topological polar surface area (TPSA) is 44.8 Å². The van der Waals surface area contributed by atoms with Crippen LogP contribution in [0.3, 0.4) is 0 Å². The highest BCUT2D eigenvalue weighted by molar-refractivity contribution is 6.30. The van der Waals surface area contributed by atoms with E-state index in [2.05, 4.69) is 22.0 Å². The predicted molar refractivity (Wildman–Crippen MR) is 114 cm³/mol. The lowest BCUT2D eigenvalue weighted by Gasteiger charge is -2.30. The van der Waals surface area contributed by atoms with Gasteiger partial charge < -0.3 is 19.9 Å². The second kappa shape index (κ2) is 9.41. The third-order valence-corrected chi connectivity index (χ3v) is 5.37. The van der Waals surface area contributed by atoms with Crippen molar-refractivity contribution in [1.29, 1.82) is 0 Å². The maximum atomic E-state index is 12.8. The Morgan fingerprint density at radius 1 is 1.21 bits per heavy atom. The largest absolute Gasteiger partial charge is 0.378 e. The van der Waals surface area contributed by atoms with Gasteiger partial charge in [-0.3, -0.25) is 4.79 Å². The van der Waals surface area contributed by atoms with Crippen LogP contribution >= 0.6 is 11.6 Å². The SMILES string of the molecule is Cc1ccc(C(=O)NCC(c2cccc(Cl)c2)N(C)C)cc1N1CCOCC1. The van der Waals surface area contributed by atoms with Crippen LogP contribution in [-0.4, -0.2) is 57.8 Å². The Morgan fingerprint density at radius 2 is 1.96 bits per heavy atom. The number of morpholine rings is 1. The van der Waals surface area contributed by atoms with Gasteiger partial charge in [-0.15, -0.1) is 0 Å². The number of nitrogens with zero attached hydrogens (tertiary/aromatic N) is 2. The summed E-state index contributed by atoms with van der Waals surface area (Å²) in [5, 5.41) is 3.78. The highest BCUT2D eigenvalue weighted by Crippen LogP contribution is 2.24. The zero-order valence-electron chi connectivity index (χ0n) is 16.7. The van der Waals surface area contributed by atoms with Gasteiger partial charge in [0, 0.05) is 35.9 Å². The molecule has 150 valence electrons. The van der Waals surface area contributed by atoms with E-state index in [9.17, 15) is 4.79 Å². The number of rotatable bonds is 6. The molecule has 5 nitrogen and oxygen atoms in total. The first-order chi connectivity index (χ1) is 13.5. The fourth-order valence-corrected chi connectivity index (χ4v) is 3.70. The lowest BCUT2D eigenvalue weighted by Crippen LogP contribution is -2.37. The van der Waals surface area contributed by atoms with Crippen molar-refractivity contribution in [2.45, 2.75) is 13.0 Å². The first-order valence-electron chi connectivity index (χ1n) is 9.59. The van der Waals surface area contributed by atoms with Crippen molar-refractivity contribution in [1.82, 2.24) is 10.2 Å². The third kappa shape index (κ3) is 5.04. The van der Waals surface area contributed by atoms with Gasteiger partial charge in [0.15, 0.2) is 0 Å². The predicted octanol–water partition coefficient (Wildman–Crippen LogP) is 3.52. The van der Waals surface area contributed by atoms with Crippen LogP contribution in [0.1, 0.15) is 27.5 Å². The summed E-state index contributed by atoms with van der Waals surface area (Å²) in [7, 11) is 4.00. The fourth-order valence-electron chi connectivity index (χ4n) is 3.50. The Balaban J connectivity index is 1.71. The van der Waals surface area contributed by atoms with Gasteiger partial charge in [0.05, 0.1) is 19.3 Å². The summed E-state index contributed by atoms with van der Waals surface area (Å²) in [5.41, 5.74) is 4.03. The fraction of sp³-hybridized carbons (Fsp3) is 0.409. The number of aryl methyl sites for hydroxylation is 1. The van der Waals surface area contributed by atoms with Gasteiger partial charge in [-0.2, -0.15) is 0 Å². The van der Waals surface area contributed by atoms with Gasteiger partial charge in [0.25, 0.3) is 5.91 Å². The molecule has 0 radical (unpaired) electrons. The molecule has 0 aromatic heterocycles. The van der Waals surface area contributed by atoms with E-state index in [4.69, 9.17) is 16.3 Å². The minimum Gasteiger partial charge on any atom is -0.378 e. The van der Waals surface area contributed by atoms with Crippen LogP contribution in [0, 0.1) is 6.92 Å². The number of ether oxygens (including phenoxy) is 1. The number of anilines is 1. The van der Waals surface area contributed by atoms with Crippen molar-refractivity contribution in [3.63, 3.8) is 0 Å². The Hall–Kier alpha value is -2.08. The standard InChI is InChI=1S/C22H28ClN3O2/c1-16-7-8-18(14-20(16)26-9-11-28-12-10-26)22(27)24-15-21(25(2)3)17-5-4-6-19(23)13-17/h4-8,13-14,21H,9-12,15H2,1-3H3,(H,24,27). The molecule has 0 spiro atoms. The summed E-state index contributed by atoms with van der Waals surface area (Å²) in [6.07, 6.45) is 0. The van der Waals surface area contributed by atoms with Crippen LogP contribution in [0.25, 0.3) is 0 Å². The Bertz CT molecular complexity index is 819. The van der Waals surface area contributed by atoms with E-state index in [1.54, 1.807) is 0 Å². The Kier molecular flexibility index (Phi) is 6.94. The van der Waals surface area contributed by atoms with Crippen molar-refractivity contribution in [2.75, 3.05) is 51.8 Å². The zero-order valence-corrected chi connectivity index (χ0v) is 17.5. The molecule has 1 atom stereocenters. The van der Waals surface area contributed by atoms with Crippen molar-refractivity contribution < 1.29 is 9.53 Å². The molecule has 1 unspecified atom stereocenters. The molecule has 1 heterocycles. The van der Waals surface area contributed by atoms with Crippen LogP contribution in [0.4, 0.5) is 5.69 Å². The van der Waals surface area contributed by atoms with Crippen molar-refractivity contribution in [2.24, 2.45) is 0 Å². The summed E-state index contributed by atoms with van der Waals surface area (Å²) in [4.78, 5) is 17.2. The Morgan fingerprint density at radius 3 is 2.64 bits per heavy atom. The van der Waals surface area contributed by atoms with E-state index in [0.29, 0.717) is 17.1 Å². The minimum absolute atomic E-state index is 0.0480. The summed E-state index contributed by atoms with van der Waals surface area (Å²) < 4.78 is 5.44. The molecule has 6 heteroatoms. The molecule has 28 heavy (non-hydrogen) atoms. The number of hydrogen-bond acceptors (Lipinski definition) is 4. The van der Waals surface area contributed by atoms with E-state index in [-0.39, 0.29) is 11.9 Å². The van der Waals surface area contributed by atoms with Crippen LogP contribution in [0.5, 0.6) is 0 Å². The number of carbonyl (C=O) groups excluding carboxylic acids is 1. The number of carbonyl (C=O) groups is 1. The van der Waals surface area contributed by atoms with Gasteiger partial charge in [0.2, 0.25) is 0 Å². The molecule has 1 N–H and O–H groups in total. The lowest BCUT2D eigenvalue weighted by atomic mass is 10.1. The molecule has 1 amide bonds. The van der Waals surface area contributed by atoms with Crippen LogP contribution in [-0.2, 0) is 4.74 Å². The molecular weight excluding hydrogens is 374 g/mol. The molecule has 1 fully saturated rings. The average Bonchev–Trinajstić information content (AvgIpc) is 2.69. The summed E-state index contributed by atoms with van der Waals surface area (Å²) in [6, 6.07) is 13.7. The maximum absolute atomic E-state index is 12.8. The molecule has 3 rings (SSSR count). The van der Waals surface area contributed by atoms with Crippen LogP contribution < -0.4 is 10.2 Å². The van der Waals surface area contributed by atoms with Gasteiger partial charge in [-0.05, 0) is 56.4 Å². The average molecular weight is 402 g/mol. The molecule has 2 aromatic rings. The monoisotopic (exact) mass is 401 g/mol. The first kappa shape index (κ1) is 20.6. The molecule has 1 aliphatic rings. The van der Waals surface area contributed by atoms with E-state index in [1.807, 2.05) is 56.6 Å². The highest BCUT2D eigenvalue weighted by atomic mass is 35.5. The van der Waals surface area contributed by atoms with Gasteiger partial charge in [0.1, 0.15) is 0 Å². The minimum atomic E-state index is -0.0663. The van der Waals surface area contributed by atoms with Gasteiger partial charge in [-0.1, -0.05) is 29.8 Å². The number of hydrogen-bond donors (Lipinski definition) is 1. The second-order valence-corrected chi connectivity index (χ2v) is 7.78. The summed E-state index contributed by atoms with van der Waals surface area (Å²) >= 11 is 6.14. The van der Waals surface area contributed by atoms with Crippen LogP contribution in [0.2, 0.25) is 5.02 Å². The number of benzene rings is 2. The first-order valence-corrected chi connectivity index (χ1v) is 9.97. The quantitative estimate of drug-likeness (QED) is 0.804. The summed E-state index contributed by atoms with van der Waals surface area (Å²) in [5.74, 6) is -0.0663. The molecule has 1 saturated heterocycles. The van der Waals surface area contributed by atoms with Crippen molar-refractivity contribution in [3.8, 4) is 0 Å². The molecule has 2 aromatic carbocycles. The van der Waals surface area contributed by atoms with E-state index >= 15 is 0 Å².